The van der Waals surface area contributed by atoms with Gasteiger partial charge in [0.25, 0.3) is 0 Å². The van der Waals surface area contributed by atoms with E-state index < -0.39 is 12.0 Å². The van der Waals surface area contributed by atoms with E-state index in [0.29, 0.717) is 6.42 Å². The van der Waals surface area contributed by atoms with E-state index >= 15 is 0 Å². The zero-order valence-electron chi connectivity index (χ0n) is 11.9. The number of benzene rings is 1. The molecule has 1 unspecified atom stereocenters. The number of anilines is 1. The molecule has 1 aromatic carbocycles. The average Bonchev–Trinajstić information content (AvgIpc) is 2.87. The minimum atomic E-state index is -0.938. The van der Waals surface area contributed by atoms with Gasteiger partial charge < -0.3 is 10.8 Å². The van der Waals surface area contributed by atoms with E-state index in [1.807, 2.05) is 24.3 Å². The summed E-state index contributed by atoms with van der Waals surface area (Å²) in [5.41, 5.74) is 7.57. The van der Waals surface area contributed by atoms with Gasteiger partial charge in [-0.3, -0.25) is 9.69 Å². The quantitative estimate of drug-likeness (QED) is 0.864. The van der Waals surface area contributed by atoms with Crippen LogP contribution in [0.15, 0.2) is 24.3 Å². The van der Waals surface area contributed by atoms with Crippen molar-refractivity contribution in [1.82, 2.24) is 0 Å². The minimum Gasteiger partial charge on any atom is -0.480 e. The third kappa shape index (κ3) is 2.53. The van der Waals surface area contributed by atoms with Crippen LogP contribution in [0.5, 0.6) is 0 Å². The third-order valence-electron chi connectivity index (χ3n) is 4.62. The van der Waals surface area contributed by atoms with Crippen molar-refractivity contribution in [2.45, 2.75) is 44.2 Å². The molecule has 2 aliphatic rings. The summed E-state index contributed by atoms with van der Waals surface area (Å²) in [4.78, 5) is 25.8. The number of nitrogens with zero attached hydrogens (tertiary/aromatic N) is 1. The topological polar surface area (TPSA) is 83.6 Å². The smallest absolute Gasteiger partial charge is 0.327 e. The number of hydrogen-bond acceptors (Lipinski definition) is 3. The summed E-state index contributed by atoms with van der Waals surface area (Å²) in [5.74, 6) is -1.09. The Morgan fingerprint density at radius 3 is 2.48 bits per heavy atom. The molecule has 1 heterocycles. The molecule has 0 spiro atoms. The third-order valence-corrected chi connectivity index (χ3v) is 4.62. The highest BCUT2D eigenvalue weighted by Gasteiger charge is 2.41. The first-order valence-electron chi connectivity index (χ1n) is 7.47. The lowest BCUT2D eigenvalue weighted by molar-refractivity contribution is -0.140. The van der Waals surface area contributed by atoms with Crippen LogP contribution in [-0.2, 0) is 16.0 Å². The second-order valence-electron chi connectivity index (χ2n) is 6.01. The fraction of sp³-hybridized carbons (Fsp3) is 0.500. The van der Waals surface area contributed by atoms with Gasteiger partial charge >= 0.3 is 5.97 Å². The highest BCUT2D eigenvalue weighted by Crippen LogP contribution is 2.35. The number of para-hydroxylation sites is 1. The van der Waals surface area contributed by atoms with Crippen LogP contribution >= 0.6 is 0 Å². The normalized spacial score (nSPS) is 28.2. The Kier molecular flexibility index (Phi) is 3.68. The van der Waals surface area contributed by atoms with Crippen molar-refractivity contribution in [3.8, 4) is 0 Å². The number of rotatable bonds is 2. The van der Waals surface area contributed by atoms with Crippen LogP contribution < -0.4 is 10.6 Å². The van der Waals surface area contributed by atoms with Gasteiger partial charge in [0.1, 0.15) is 6.04 Å². The Morgan fingerprint density at radius 1 is 1.14 bits per heavy atom. The molecule has 3 rings (SSSR count). The van der Waals surface area contributed by atoms with Crippen molar-refractivity contribution >= 4 is 17.6 Å². The maximum Gasteiger partial charge on any atom is 0.327 e. The van der Waals surface area contributed by atoms with Gasteiger partial charge in [0.15, 0.2) is 0 Å². The van der Waals surface area contributed by atoms with Gasteiger partial charge in [0.05, 0.1) is 0 Å². The van der Waals surface area contributed by atoms with E-state index in [1.165, 1.54) is 4.90 Å². The van der Waals surface area contributed by atoms with Gasteiger partial charge in [0.2, 0.25) is 5.91 Å². The molecule has 1 aliphatic carbocycles. The molecular weight excluding hydrogens is 268 g/mol. The molecule has 1 aromatic rings. The molecular formula is C16H20N2O3. The number of hydrogen-bond donors (Lipinski definition) is 2. The molecule has 1 fully saturated rings. The number of carboxylic acids is 1. The Morgan fingerprint density at radius 2 is 1.81 bits per heavy atom. The molecule has 0 saturated heterocycles. The molecule has 112 valence electrons. The van der Waals surface area contributed by atoms with Crippen molar-refractivity contribution < 1.29 is 14.7 Å². The van der Waals surface area contributed by atoms with Gasteiger partial charge in [0, 0.05) is 24.1 Å². The number of carbonyl (C=O) groups excluding carboxylic acids is 1. The molecule has 3 N–H and O–H groups in total. The molecule has 0 bridgehead atoms. The molecule has 21 heavy (non-hydrogen) atoms. The first-order chi connectivity index (χ1) is 10.1. The lowest BCUT2D eigenvalue weighted by Gasteiger charge is -2.31. The van der Waals surface area contributed by atoms with Crippen LogP contribution in [-0.4, -0.2) is 29.1 Å². The van der Waals surface area contributed by atoms with Gasteiger partial charge in [-0.15, -0.1) is 0 Å². The number of aliphatic carboxylic acids is 1. The predicted octanol–water partition coefficient (Wildman–Crippen LogP) is 1.55. The van der Waals surface area contributed by atoms with Gasteiger partial charge in [-0.25, -0.2) is 4.79 Å². The Bertz CT molecular complexity index is 564. The average molecular weight is 288 g/mol. The van der Waals surface area contributed by atoms with E-state index in [0.717, 1.165) is 36.9 Å². The van der Waals surface area contributed by atoms with Gasteiger partial charge in [-0.1, -0.05) is 18.2 Å². The number of nitrogens with two attached hydrogens (primary N) is 1. The van der Waals surface area contributed by atoms with Crippen molar-refractivity contribution in [3.63, 3.8) is 0 Å². The number of fused-ring (bicyclic) bond motifs is 1. The summed E-state index contributed by atoms with van der Waals surface area (Å²) >= 11 is 0. The predicted molar refractivity (Wildman–Crippen MR) is 79.0 cm³/mol. The lowest BCUT2D eigenvalue weighted by Crippen LogP contribution is -2.46. The van der Waals surface area contributed by atoms with Crippen molar-refractivity contribution in [2.24, 2.45) is 11.7 Å². The summed E-state index contributed by atoms with van der Waals surface area (Å²) in [5, 5.41) is 9.43. The molecule has 1 amide bonds. The van der Waals surface area contributed by atoms with Crippen LogP contribution in [0.4, 0.5) is 5.69 Å². The molecule has 1 aliphatic heterocycles. The van der Waals surface area contributed by atoms with E-state index in [9.17, 15) is 14.7 Å². The summed E-state index contributed by atoms with van der Waals surface area (Å²) < 4.78 is 0. The zero-order valence-corrected chi connectivity index (χ0v) is 11.9. The largest absolute Gasteiger partial charge is 0.480 e. The second kappa shape index (κ2) is 5.48. The van der Waals surface area contributed by atoms with Crippen LogP contribution in [0, 0.1) is 5.92 Å². The fourth-order valence-electron chi connectivity index (χ4n) is 3.42. The standard InChI is InChI=1S/C16H20N2O3/c17-12-7-5-10(6-8-12)15(19)18-13-4-2-1-3-11(13)9-14(18)16(20)21/h1-4,10,12,14H,5-9,17H2,(H,20,21). The van der Waals surface area contributed by atoms with Crippen LogP contribution in [0.25, 0.3) is 0 Å². The minimum absolute atomic E-state index is 0.0562. The summed E-state index contributed by atoms with van der Waals surface area (Å²) in [7, 11) is 0. The second-order valence-corrected chi connectivity index (χ2v) is 6.01. The maximum absolute atomic E-state index is 12.8. The van der Waals surface area contributed by atoms with Crippen LogP contribution in [0.2, 0.25) is 0 Å². The Labute approximate surface area is 123 Å². The molecule has 0 radical (unpaired) electrons. The molecule has 5 heteroatoms. The van der Waals surface area contributed by atoms with E-state index in [1.54, 1.807) is 0 Å². The summed E-state index contributed by atoms with van der Waals surface area (Å²) in [6.45, 7) is 0. The van der Waals surface area contributed by atoms with Crippen molar-refractivity contribution in [2.75, 3.05) is 4.90 Å². The van der Waals surface area contributed by atoms with Crippen molar-refractivity contribution in [1.29, 1.82) is 0 Å². The van der Waals surface area contributed by atoms with E-state index in [4.69, 9.17) is 5.73 Å². The summed E-state index contributed by atoms with van der Waals surface area (Å²) in [6.07, 6.45) is 3.58. The Hall–Kier alpha value is -1.88. The number of carboxylic acid groups (broad SMARTS) is 1. The lowest BCUT2D eigenvalue weighted by atomic mass is 9.85. The number of amides is 1. The van der Waals surface area contributed by atoms with E-state index in [2.05, 4.69) is 0 Å². The molecule has 5 nitrogen and oxygen atoms in total. The molecule has 1 atom stereocenters. The SMILES string of the molecule is NC1CCC(C(=O)N2c3ccccc3CC2C(=O)O)CC1. The van der Waals surface area contributed by atoms with E-state index in [-0.39, 0.29) is 17.9 Å². The highest BCUT2D eigenvalue weighted by molar-refractivity contribution is 6.03. The maximum atomic E-state index is 12.8. The van der Waals surface area contributed by atoms with Crippen molar-refractivity contribution in [3.05, 3.63) is 29.8 Å². The first kappa shape index (κ1) is 14.1. The van der Waals surface area contributed by atoms with Gasteiger partial charge in [-0.05, 0) is 37.3 Å². The van der Waals surface area contributed by atoms with Gasteiger partial charge in [-0.2, -0.15) is 0 Å². The monoisotopic (exact) mass is 288 g/mol. The van der Waals surface area contributed by atoms with Crippen LogP contribution in [0.3, 0.4) is 0 Å². The molecule has 0 aromatic heterocycles. The summed E-state index contributed by atoms with van der Waals surface area (Å²) in [6, 6.07) is 6.87. The van der Waals surface area contributed by atoms with Crippen LogP contribution in [0.1, 0.15) is 31.2 Å². The highest BCUT2D eigenvalue weighted by atomic mass is 16.4. The fourth-order valence-corrected chi connectivity index (χ4v) is 3.42. The molecule has 1 saturated carbocycles. The first-order valence-corrected chi connectivity index (χ1v) is 7.47. The Balaban J connectivity index is 1.87. The zero-order chi connectivity index (χ0) is 15.0. The number of carbonyl (C=O) groups is 2.